The van der Waals surface area contributed by atoms with Crippen molar-refractivity contribution in [3.05, 3.63) is 47.4 Å². The summed E-state index contributed by atoms with van der Waals surface area (Å²) in [5.41, 5.74) is 2.88. The summed E-state index contributed by atoms with van der Waals surface area (Å²) < 4.78 is 0. The van der Waals surface area contributed by atoms with Crippen LogP contribution in [0.3, 0.4) is 0 Å². The number of amides is 1. The van der Waals surface area contributed by atoms with Gasteiger partial charge < -0.3 is 0 Å². The van der Waals surface area contributed by atoms with E-state index in [1.165, 1.54) is 11.3 Å². The predicted molar refractivity (Wildman–Crippen MR) is 76.6 cm³/mol. The fourth-order valence-corrected chi connectivity index (χ4v) is 2.37. The third-order valence-electron chi connectivity index (χ3n) is 2.64. The Hall–Kier alpha value is -2.54. The summed E-state index contributed by atoms with van der Waals surface area (Å²) in [6.45, 7) is 1.88. The van der Waals surface area contributed by atoms with Crippen molar-refractivity contribution in [2.24, 2.45) is 0 Å². The molecule has 7 heteroatoms. The Kier molecular flexibility index (Phi) is 3.26. The van der Waals surface area contributed by atoms with E-state index in [9.17, 15) is 4.79 Å². The molecule has 0 aromatic carbocycles. The fraction of sp³-hybridized carbons (Fsp3) is 0.0769. The first kappa shape index (κ1) is 12.5. The number of thiazole rings is 1. The molecule has 0 aliphatic carbocycles. The predicted octanol–water partition coefficient (Wildman–Crippen LogP) is 2.49. The fourth-order valence-electron chi connectivity index (χ4n) is 1.68. The van der Waals surface area contributed by atoms with Gasteiger partial charge in [-0.25, -0.2) is 4.98 Å². The minimum atomic E-state index is -0.257. The number of nitrogens with one attached hydrogen (secondary N) is 2. The number of carbonyl (C=O) groups excluding carboxylic acids is 1. The molecule has 0 aliphatic heterocycles. The number of aryl methyl sites for hydroxylation is 1. The lowest BCUT2D eigenvalue weighted by atomic mass is 10.2. The molecule has 3 heterocycles. The van der Waals surface area contributed by atoms with Gasteiger partial charge in [-0.3, -0.25) is 20.2 Å². The van der Waals surface area contributed by atoms with Crippen LogP contribution >= 0.6 is 11.3 Å². The second-order valence-corrected chi connectivity index (χ2v) is 5.01. The van der Waals surface area contributed by atoms with Gasteiger partial charge in [0, 0.05) is 23.3 Å². The molecule has 0 spiro atoms. The second kappa shape index (κ2) is 5.22. The van der Waals surface area contributed by atoms with Crippen LogP contribution in [-0.2, 0) is 0 Å². The van der Waals surface area contributed by atoms with Gasteiger partial charge in [0.1, 0.15) is 5.69 Å². The standard InChI is InChI=1S/C13H11N5OS/c1-8-7-20-13(15-8)16-12(19)11-6-10(17-18-11)9-2-4-14-5-3-9/h2-7H,1H3,(H,17,18)(H,15,16,19). The summed E-state index contributed by atoms with van der Waals surface area (Å²) in [5, 5.41) is 12.0. The Morgan fingerprint density at radius 2 is 2.15 bits per heavy atom. The van der Waals surface area contributed by atoms with Crippen LogP contribution in [0.25, 0.3) is 11.3 Å². The first-order valence-corrected chi connectivity index (χ1v) is 6.79. The molecule has 20 heavy (non-hydrogen) atoms. The summed E-state index contributed by atoms with van der Waals surface area (Å²) in [7, 11) is 0. The van der Waals surface area contributed by atoms with Crippen molar-refractivity contribution < 1.29 is 4.79 Å². The van der Waals surface area contributed by atoms with Gasteiger partial charge in [-0.05, 0) is 25.1 Å². The number of pyridine rings is 1. The lowest BCUT2D eigenvalue weighted by Gasteiger charge is -1.97. The number of carbonyl (C=O) groups is 1. The smallest absolute Gasteiger partial charge is 0.275 e. The normalized spacial score (nSPS) is 10.4. The average Bonchev–Trinajstić information content (AvgIpc) is 3.09. The van der Waals surface area contributed by atoms with Crippen molar-refractivity contribution in [3.63, 3.8) is 0 Å². The highest BCUT2D eigenvalue weighted by Gasteiger charge is 2.12. The highest BCUT2D eigenvalue weighted by molar-refractivity contribution is 7.13. The number of hydrogen-bond acceptors (Lipinski definition) is 5. The molecule has 0 aliphatic rings. The van der Waals surface area contributed by atoms with Gasteiger partial charge in [0.25, 0.3) is 5.91 Å². The third-order valence-corrected chi connectivity index (χ3v) is 3.51. The second-order valence-electron chi connectivity index (χ2n) is 4.15. The number of H-pyrrole nitrogens is 1. The van der Waals surface area contributed by atoms with Crippen LogP contribution in [0.5, 0.6) is 0 Å². The van der Waals surface area contributed by atoms with Crippen LogP contribution in [0.2, 0.25) is 0 Å². The Morgan fingerprint density at radius 1 is 1.35 bits per heavy atom. The van der Waals surface area contributed by atoms with Gasteiger partial charge in [-0.15, -0.1) is 11.3 Å². The molecule has 0 atom stereocenters. The molecule has 6 nitrogen and oxygen atoms in total. The van der Waals surface area contributed by atoms with E-state index in [4.69, 9.17) is 0 Å². The number of hydrogen-bond donors (Lipinski definition) is 2. The number of aromatic nitrogens is 4. The topological polar surface area (TPSA) is 83.6 Å². The van der Waals surface area contributed by atoms with E-state index in [1.54, 1.807) is 18.5 Å². The van der Waals surface area contributed by atoms with E-state index in [2.05, 4.69) is 25.5 Å². The molecule has 1 amide bonds. The molecular formula is C13H11N5OS. The van der Waals surface area contributed by atoms with E-state index in [-0.39, 0.29) is 5.91 Å². The maximum absolute atomic E-state index is 12.0. The maximum Gasteiger partial charge on any atom is 0.275 e. The summed E-state index contributed by atoms with van der Waals surface area (Å²) in [6.07, 6.45) is 3.37. The molecule has 0 saturated heterocycles. The summed E-state index contributed by atoms with van der Waals surface area (Å²) in [6, 6.07) is 5.37. The highest BCUT2D eigenvalue weighted by atomic mass is 32.1. The molecule has 100 valence electrons. The molecule has 0 unspecified atom stereocenters. The zero-order valence-electron chi connectivity index (χ0n) is 10.6. The van der Waals surface area contributed by atoms with Crippen molar-refractivity contribution in [2.45, 2.75) is 6.92 Å². The minimum absolute atomic E-state index is 0.257. The van der Waals surface area contributed by atoms with E-state index in [0.29, 0.717) is 16.5 Å². The molecule has 0 radical (unpaired) electrons. The van der Waals surface area contributed by atoms with E-state index in [0.717, 1.165) is 11.3 Å². The molecule has 0 fully saturated rings. The number of rotatable bonds is 3. The molecule has 0 bridgehead atoms. The first-order chi connectivity index (χ1) is 9.72. The molecule has 0 saturated carbocycles. The van der Waals surface area contributed by atoms with Crippen molar-refractivity contribution in [3.8, 4) is 11.3 Å². The Balaban J connectivity index is 1.78. The molecule has 3 aromatic heterocycles. The molecular weight excluding hydrogens is 274 g/mol. The highest BCUT2D eigenvalue weighted by Crippen LogP contribution is 2.18. The van der Waals surface area contributed by atoms with E-state index in [1.807, 2.05) is 24.4 Å². The number of anilines is 1. The van der Waals surface area contributed by atoms with Gasteiger partial charge in [-0.2, -0.15) is 5.10 Å². The van der Waals surface area contributed by atoms with Crippen molar-refractivity contribution in [2.75, 3.05) is 5.32 Å². The van der Waals surface area contributed by atoms with E-state index >= 15 is 0 Å². The van der Waals surface area contributed by atoms with E-state index < -0.39 is 0 Å². The third kappa shape index (κ3) is 2.57. The molecule has 2 N–H and O–H groups in total. The maximum atomic E-state index is 12.0. The largest absolute Gasteiger partial charge is 0.297 e. The van der Waals surface area contributed by atoms with Crippen molar-refractivity contribution in [1.29, 1.82) is 0 Å². The number of nitrogens with zero attached hydrogens (tertiary/aromatic N) is 3. The van der Waals surface area contributed by atoms with Crippen LogP contribution in [0.15, 0.2) is 36.0 Å². The van der Waals surface area contributed by atoms with Crippen molar-refractivity contribution >= 4 is 22.4 Å². The van der Waals surface area contributed by atoms with Crippen LogP contribution in [0.4, 0.5) is 5.13 Å². The van der Waals surface area contributed by atoms with Crippen LogP contribution in [-0.4, -0.2) is 26.1 Å². The first-order valence-electron chi connectivity index (χ1n) is 5.91. The summed E-state index contributed by atoms with van der Waals surface area (Å²) in [4.78, 5) is 20.2. The minimum Gasteiger partial charge on any atom is -0.297 e. The monoisotopic (exact) mass is 285 g/mol. The van der Waals surface area contributed by atoms with Gasteiger partial charge in [0.15, 0.2) is 5.13 Å². The Labute approximate surface area is 118 Å². The average molecular weight is 285 g/mol. The lowest BCUT2D eigenvalue weighted by molar-refractivity contribution is 0.102. The van der Waals surface area contributed by atoms with Gasteiger partial charge >= 0.3 is 0 Å². The van der Waals surface area contributed by atoms with Crippen LogP contribution in [0.1, 0.15) is 16.2 Å². The van der Waals surface area contributed by atoms with Gasteiger partial charge in [0.05, 0.1) is 11.4 Å². The quantitative estimate of drug-likeness (QED) is 0.774. The zero-order valence-corrected chi connectivity index (χ0v) is 11.4. The van der Waals surface area contributed by atoms with Gasteiger partial charge in [0.2, 0.25) is 0 Å². The van der Waals surface area contributed by atoms with Crippen LogP contribution < -0.4 is 5.32 Å². The summed E-state index contributed by atoms with van der Waals surface area (Å²) >= 11 is 1.39. The Bertz CT molecular complexity index is 734. The number of aromatic amines is 1. The van der Waals surface area contributed by atoms with Crippen LogP contribution in [0, 0.1) is 6.92 Å². The lowest BCUT2D eigenvalue weighted by Crippen LogP contribution is -2.12. The zero-order chi connectivity index (χ0) is 13.9. The SMILES string of the molecule is Cc1csc(NC(=O)c2cc(-c3ccncc3)n[nH]2)n1. The molecule has 3 aromatic rings. The van der Waals surface area contributed by atoms with Gasteiger partial charge in [-0.1, -0.05) is 0 Å². The molecule has 3 rings (SSSR count). The Morgan fingerprint density at radius 3 is 2.85 bits per heavy atom. The van der Waals surface area contributed by atoms with Crippen molar-refractivity contribution in [1.82, 2.24) is 20.2 Å². The summed E-state index contributed by atoms with van der Waals surface area (Å²) in [5.74, 6) is -0.257.